The lowest BCUT2D eigenvalue weighted by molar-refractivity contribution is 0.00849. The number of aromatic nitrogens is 2. The van der Waals surface area contributed by atoms with Crippen LogP contribution in [0.25, 0.3) is 0 Å². The Morgan fingerprint density at radius 1 is 1.69 bits per heavy atom. The van der Waals surface area contributed by atoms with Gasteiger partial charge in [0, 0.05) is 0 Å². The molecular formula is C8H11N3O2. The Hall–Kier alpha value is -1.52. The summed E-state index contributed by atoms with van der Waals surface area (Å²) in [5.41, 5.74) is 6.08. The van der Waals surface area contributed by atoms with Crippen LogP contribution in [0.2, 0.25) is 0 Å². The fourth-order valence-corrected chi connectivity index (χ4v) is 1.16. The van der Waals surface area contributed by atoms with Gasteiger partial charge in [-0.1, -0.05) is 0 Å². The lowest BCUT2D eigenvalue weighted by atomic mass is 9.96. The molecular weight excluding hydrogens is 170 g/mol. The lowest BCUT2D eigenvalue weighted by Gasteiger charge is -2.24. The van der Waals surface area contributed by atoms with Gasteiger partial charge in [0.15, 0.2) is 5.69 Å². The molecule has 0 saturated heterocycles. The minimum atomic E-state index is -0.403. The van der Waals surface area contributed by atoms with Crippen molar-refractivity contribution in [3.63, 3.8) is 0 Å². The zero-order valence-corrected chi connectivity index (χ0v) is 7.12. The molecule has 1 aliphatic rings. The predicted octanol–water partition coefficient (Wildman–Crippen LogP) is 0.701. The number of rotatable bonds is 2. The van der Waals surface area contributed by atoms with Crippen LogP contribution in [-0.4, -0.2) is 22.3 Å². The van der Waals surface area contributed by atoms with Crippen molar-refractivity contribution in [3.05, 3.63) is 11.9 Å². The van der Waals surface area contributed by atoms with E-state index >= 15 is 0 Å². The summed E-state index contributed by atoms with van der Waals surface area (Å²) in [7, 11) is 0. The number of H-pyrrole nitrogens is 1. The highest BCUT2D eigenvalue weighted by atomic mass is 16.5. The molecule has 0 radical (unpaired) electrons. The smallest absolute Gasteiger partial charge is 0.358 e. The quantitative estimate of drug-likeness (QED) is 0.658. The van der Waals surface area contributed by atoms with E-state index < -0.39 is 5.97 Å². The van der Waals surface area contributed by atoms with Gasteiger partial charge in [0.05, 0.1) is 11.9 Å². The summed E-state index contributed by atoms with van der Waals surface area (Å²) in [4.78, 5) is 11.4. The molecule has 2 rings (SSSR count). The number of carbonyl (C=O) groups is 1. The number of hydrogen-bond donors (Lipinski definition) is 2. The van der Waals surface area contributed by atoms with Gasteiger partial charge in [-0.25, -0.2) is 4.79 Å². The first-order valence-corrected chi connectivity index (χ1v) is 4.27. The molecule has 0 aliphatic heterocycles. The molecule has 0 atom stereocenters. The number of esters is 1. The summed E-state index contributed by atoms with van der Waals surface area (Å²) in [6, 6.07) is 0. The number of ether oxygens (including phenoxy) is 1. The van der Waals surface area contributed by atoms with Crippen molar-refractivity contribution < 1.29 is 9.53 Å². The summed E-state index contributed by atoms with van der Waals surface area (Å²) in [5, 5.41) is 6.15. The lowest BCUT2D eigenvalue weighted by Crippen LogP contribution is -2.25. The van der Waals surface area contributed by atoms with Crippen LogP contribution >= 0.6 is 0 Å². The second-order valence-electron chi connectivity index (χ2n) is 3.16. The van der Waals surface area contributed by atoms with Crippen LogP contribution < -0.4 is 5.73 Å². The van der Waals surface area contributed by atoms with Crippen LogP contribution in [0.1, 0.15) is 29.8 Å². The molecule has 0 bridgehead atoms. The second-order valence-corrected chi connectivity index (χ2v) is 3.16. The van der Waals surface area contributed by atoms with E-state index in [0.717, 1.165) is 19.3 Å². The van der Waals surface area contributed by atoms with E-state index in [1.165, 1.54) is 6.20 Å². The predicted molar refractivity (Wildman–Crippen MR) is 46.1 cm³/mol. The largest absolute Gasteiger partial charge is 0.458 e. The van der Waals surface area contributed by atoms with Gasteiger partial charge < -0.3 is 10.5 Å². The maximum atomic E-state index is 11.4. The topological polar surface area (TPSA) is 81.0 Å². The molecule has 1 heterocycles. The molecule has 1 fully saturated rings. The van der Waals surface area contributed by atoms with Crippen molar-refractivity contribution in [2.45, 2.75) is 25.4 Å². The second kappa shape index (κ2) is 3.08. The van der Waals surface area contributed by atoms with Crippen LogP contribution in [0.3, 0.4) is 0 Å². The van der Waals surface area contributed by atoms with Gasteiger partial charge >= 0.3 is 5.97 Å². The van der Waals surface area contributed by atoms with Gasteiger partial charge in [0.25, 0.3) is 0 Å². The van der Waals surface area contributed by atoms with E-state index in [4.69, 9.17) is 10.5 Å². The van der Waals surface area contributed by atoms with Crippen molar-refractivity contribution >= 4 is 11.7 Å². The number of anilines is 1. The Morgan fingerprint density at radius 3 is 2.92 bits per heavy atom. The summed E-state index contributed by atoms with van der Waals surface area (Å²) >= 11 is 0. The maximum absolute atomic E-state index is 11.4. The Kier molecular flexibility index (Phi) is 1.92. The van der Waals surface area contributed by atoms with Crippen LogP contribution in [0.5, 0.6) is 0 Å². The van der Waals surface area contributed by atoms with Crippen LogP contribution in [0.4, 0.5) is 5.69 Å². The van der Waals surface area contributed by atoms with Gasteiger partial charge in [-0.3, -0.25) is 5.10 Å². The number of aromatic amines is 1. The number of nitrogen functional groups attached to an aromatic ring is 1. The molecule has 13 heavy (non-hydrogen) atoms. The van der Waals surface area contributed by atoms with Crippen molar-refractivity contribution in [1.82, 2.24) is 10.2 Å². The first-order chi connectivity index (χ1) is 6.27. The average Bonchev–Trinajstić information content (AvgIpc) is 2.43. The summed E-state index contributed by atoms with van der Waals surface area (Å²) in [6.45, 7) is 0. The Balaban J connectivity index is 2.00. The highest BCUT2D eigenvalue weighted by Gasteiger charge is 2.24. The molecule has 0 unspecified atom stereocenters. The zero-order valence-electron chi connectivity index (χ0n) is 7.12. The maximum Gasteiger partial charge on any atom is 0.358 e. The third kappa shape index (κ3) is 1.49. The van der Waals surface area contributed by atoms with Crippen molar-refractivity contribution in [3.8, 4) is 0 Å². The molecule has 70 valence electrons. The Labute approximate surface area is 75.3 Å². The summed E-state index contributed by atoms with van der Waals surface area (Å²) in [5.74, 6) is -0.403. The normalized spacial score (nSPS) is 16.6. The Morgan fingerprint density at radius 2 is 2.46 bits per heavy atom. The minimum Gasteiger partial charge on any atom is -0.458 e. The number of nitrogens with one attached hydrogen (secondary N) is 1. The van der Waals surface area contributed by atoms with Crippen LogP contribution in [0.15, 0.2) is 6.20 Å². The van der Waals surface area contributed by atoms with Crippen LogP contribution in [-0.2, 0) is 4.74 Å². The Bertz CT molecular complexity index is 317. The fourth-order valence-electron chi connectivity index (χ4n) is 1.16. The van der Waals surface area contributed by atoms with E-state index in [1.807, 2.05) is 0 Å². The number of carbonyl (C=O) groups excluding carboxylic acids is 1. The van der Waals surface area contributed by atoms with Gasteiger partial charge in [0.2, 0.25) is 0 Å². The van der Waals surface area contributed by atoms with Gasteiger partial charge in [0.1, 0.15) is 6.10 Å². The number of nitrogens with zero attached hydrogens (tertiary/aromatic N) is 1. The molecule has 3 N–H and O–H groups in total. The van der Waals surface area contributed by atoms with Crippen molar-refractivity contribution in [1.29, 1.82) is 0 Å². The standard InChI is InChI=1S/C8H11N3O2/c9-6-4-10-11-7(6)8(12)13-5-2-1-3-5/h4-5H,1-3,9H2,(H,10,11). The molecule has 0 amide bonds. The third-order valence-electron chi connectivity index (χ3n) is 2.20. The first-order valence-electron chi connectivity index (χ1n) is 4.27. The fraction of sp³-hybridized carbons (Fsp3) is 0.500. The molecule has 1 aromatic heterocycles. The van der Waals surface area contributed by atoms with E-state index in [1.54, 1.807) is 0 Å². The van der Waals surface area contributed by atoms with E-state index in [2.05, 4.69) is 10.2 Å². The third-order valence-corrected chi connectivity index (χ3v) is 2.20. The highest BCUT2D eigenvalue weighted by molar-refractivity contribution is 5.92. The van der Waals surface area contributed by atoms with E-state index in [0.29, 0.717) is 5.69 Å². The van der Waals surface area contributed by atoms with Gasteiger partial charge in [-0.05, 0) is 19.3 Å². The molecule has 1 aromatic rings. The first kappa shape index (κ1) is 8.10. The van der Waals surface area contributed by atoms with Gasteiger partial charge in [-0.2, -0.15) is 5.10 Å². The zero-order chi connectivity index (χ0) is 9.26. The van der Waals surface area contributed by atoms with Crippen molar-refractivity contribution in [2.24, 2.45) is 0 Å². The number of hydrogen-bond acceptors (Lipinski definition) is 4. The molecule has 0 aromatic carbocycles. The molecule has 1 saturated carbocycles. The SMILES string of the molecule is Nc1cn[nH]c1C(=O)OC1CCC1. The monoisotopic (exact) mass is 181 g/mol. The number of nitrogens with two attached hydrogens (primary N) is 1. The average molecular weight is 181 g/mol. The van der Waals surface area contributed by atoms with Crippen molar-refractivity contribution in [2.75, 3.05) is 5.73 Å². The minimum absolute atomic E-state index is 0.0789. The molecule has 1 aliphatic carbocycles. The molecule has 0 spiro atoms. The summed E-state index contributed by atoms with van der Waals surface area (Å²) in [6.07, 6.45) is 4.53. The molecule has 5 heteroatoms. The summed E-state index contributed by atoms with van der Waals surface area (Å²) < 4.78 is 5.12. The highest BCUT2D eigenvalue weighted by Crippen LogP contribution is 2.23. The van der Waals surface area contributed by atoms with Gasteiger partial charge in [-0.15, -0.1) is 0 Å². The van der Waals surface area contributed by atoms with E-state index in [-0.39, 0.29) is 11.8 Å². The van der Waals surface area contributed by atoms with E-state index in [9.17, 15) is 4.79 Å². The molecule has 5 nitrogen and oxygen atoms in total. The van der Waals surface area contributed by atoms with Crippen LogP contribution in [0, 0.1) is 0 Å².